The van der Waals surface area contributed by atoms with Gasteiger partial charge in [-0.1, -0.05) is 48.5 Å². The SMILES string of the molecule is O=C(NC1CC2CC2(C(=O)NC(C(=O)O)C(F)(F)F)C1)OCC1c2ccccc2-c2ccccc21. The molecular weight excluding hydrogens is 465 g/mol. The smallest absolute Gasteiger partial charge is 0.419 e. The Labute approximate surface area is 198 Å². The van der Waals surface area contributed by atoms with Crippen molar-refractivity contribution < 1.29 is 37.4 Å². The predicted molar refractivity (Wildman–Crippen MR) is 117 cm³/mol. The van der Waals surface area contributed by atoms with Crippen LogP contribution in [-0.2, 0) is 14.3 Å². The van der Waals surface area contributed by atoms with Crippen LogP contribution in [0.3, 0.4) is 0 Å². The Morgan fingerprint density at radius 1 is 1.03 bits per heavy atom. The molecule has 0 heterocycles. The zero-order valence-electron chi connectivity index (χ0n) is 18.5. The van der Waals surface area contributed by atoms with Gasteiger partial charge in [0.1, 0.15) is 6.61 Å². The molecule has 0 aliphatic heterocycles. The molecule has 4 unspecified atom stereocenters. The minimum absolute atomic E-state index is 0.113. The molecule has 35 heavy (non-hydrogen) atoms. The number of carboxylic acids is 1. The quantitative estimate of drug-likeness (QED) is 0.574. The van der Waals surface area contributed by atoms with E-state index in [0.717, 1.165) is 22.3 Å². The number of rotatable bonds is 6. The van der Waals surface area contributed by atoms with Crippen molar-refractivity contribution in [3.63, 3.8) is 0 Å². The van der Waals surface area contributed by atoms with Gasteiger partial charge in [-0.05, 0) is 47.4 Å². The van der Waals surface area contributed by atoms with Crippen LogP contribution in [0.2, 0.25) is 0 Å². The van der Waals surface area contributed by atoms with E-state index in [4.69, 9.17) is 9.84 Å². The number of ether oxygens (including phenoxy) is 1. The van der Waals surface area contributed by atoms with Crippen LogP contribution in [0.5, 0.6) is 0 Å². The van der Waals surface area contributed by atoms with Crippen molar-refractivity contribution in [2.24, 2.45) is 11.3 Å². The van der Waals surface area contributed by atoms with E-state index in [1.807, 2.05) is 48.5 Å². The molecule has 10 heteroatoms. The monoisotopic (exact) mass is 488 g/mol. The summed E-state index contributed by atoms with van der Waals surface area (Å²) in [5.74, 6) is -3.42. The Balaban J connectivity index is 1.18. The lowest BCUT2D eigenvalue weighted by Crippen LogP contribution is -2.53. The van der Waals surface area contributed by atoms with Crippen LogP contribution in [0.4, 0.5) is 18.0 Å². The molecule has 2 saturated carbocycles. The van der Waals surface area contributed by atoms with E-state index >= 15 is 0 Å². The van der Waals surface area contributed by atoms with Gasteiger partial charge >= 0.3 is 18.2 Å². The van der Waals surface area contributed by atoms with Gasteiger partial charge in [0, 0.05) is 12.0 Å². The molecule has 184 valence electrons. The first-order chi connectivity index (χ1) is 16.6. The molecule has 2 aromatic rings. The molecule has 5 rings (SSSR count). The summed E-state index contributed by atoms with van der Waals surface area (Å²) < 4.78 is 44.3. The number of nitrogens with one attached hydrogen (secondary N) is 2. The Hall–Kier alpha value is -3.56. The first-order valence-corrected chi connectivity index (χ1v) is 11.3. The molecule has 0 aromatic heterocycles. The number of amides is 2. The molecular formula is C25H23F3N2O5. The minimum atomic E-state index is -5.10. The Morgan fingerprint density at radius 2 is 1.63 bits per heavy atom. The summed E-state index contributed by atoms with van der Waals surface area (Å²) in [5.41, 5.74) is 3.24. The third kappa shape index (κ3) is 4.11. The molecule has 0 radical (unpaired) electrons. The molecule has 0 saturated heterocycles. The number of aliphatic carboxylic acids is 1. The first-order valence-electron chi connectivity index (χ1n) is 11.3. The Bertz CT molecular complexity index is 1150. The van der Waals surface area contributed by atoms with E-state index in [0.29, 0.717) is 12.8 Å². The van der Waals surface area contributed by atoms with Crippen molar-refractivity contribution >= 4 is 18.0 Å². The summed E-state index contributed by atoms with van der Waals surface area (Å²) in [4.78, 5) is 36.0. The molecule has 3 N–H and O–H groups in total. The van der Waals surface area contributed by atoms with Gasteiger partial charge in [-0.15, -0.1) is 0 Å². The van der Waals surface area contributed by atoms with Crippen molar-refractivity contribution in [3.8, 4) is 11.1 Å². The van der Waals surface area contributed by atoms with Crippen molar-refractivity contribution in [3.05, 3.63) is 59.7 Å². The van der Waals surface area contributed by atoms with Gasteiger partial charge in [0.05, 0.1) is 5.41 Å². The fourth-order valence-corrected chi connectivity index (χ4v) is 5.65. The number of halogens is 3. The maximum Gasteiger partial charge on any atom is 0.419 e. The van der Waals surface area contributed by atoms with Crippen molar-refractivity contribution in [2.75, 3.05) is 6.61 Å². The number of carboxylic acid groups (broad SMARTS) is 1. The highest BCUT2D eigenvalue weighted by Gasteiger charge is 2.66. The molecule has 2 aromatic carbocycles. The van der Waals surface area contributed by atoms with Crippen LogP contribution in [0.15, 0.2) is 48.5 Å². The van der Waals surface area contributed by atoms with E-state index in [1.54, 1.807) is 5.32 Å². The summed E-state index contributed by atoms with van der Waals surface area (Å²) in [5, 5.41) is 13.2. The Morgan fingerprint density at radius 3 is 2.20 bits per heavy atom. The second kappa shape index (κ2) is 8.28. The van der Waals surface area contributed by atoms with E-state index in [1.165, 1.54) is 0 Å². The van der Waals surface area contributed by atoms with Crippen LogP contribution < -0.4 is 10.6 Å². The van der Waals surface area contributed by atoms with Crippen LogP contribution in [0, 0.1) is 11.3 Å². The average molecular weight is 488 g/mol. The van der Waals surface area contributed by atoms with Crippen LogP contribution >= 0.6 is 0 Å². The summed E-state index contributed by atoms with van der Waals surface area (Å²) >= 11 is 0. The second-order valence-corrected chi connectivity index (χ2v) is 9.45. The summed E-state index contributed by atoms with van der Waals surface area (Å²) in [6, 6.07) is 12.4. The number of carbonyl (C=O) groups excluding carboxylic acids is 2. The third-order valence-electron chi connectivity index (χ3n) is 7.38. The highest BCUT2D eigenvalue weighted by Crippen LogP contribution is 2.63. The number of alkyl carbamates (subject to hydrolysis) is 1. The van der Waals surface area contributed by atoms with E-state index in [-0.39, 0.29) is 24.9 Å². The largest absolute Gasteiger partial charge is 0.479 e. The van der Waals surface area contributed by atoms with Gasteiger partial charge < -0.3 is 20.5 Å². The van der Waals surface area contributed by atoms with Gasteiger partial charge in [0.25, 0.3) is 0 Å². The molecule has 2 amide bonds. The van der Waals surface area contributed by atoms with E-state index in [2.05, 4.69) is 5.32 Å². The number of alkyl halides is 3. The number of carbonyl (C=O) groups is 3. The maximum absolute atomic E-state index is 12.9. The molecule has 3 aliphatic rings. The minimum Gasteiger partial charge on any atom is -0.479 e. The summed E-state index contributed by atoms with van der Waals surface area (Å²) in [7, 11) is 0. The zero-order valence-corrected chi connectivity index (χ0v) is 18.5. The highest BCUT2D eigenvalue weighted by molar-refractivity contribution is 5.90. The molecule has 7 nitrogen and oxygen atoms in total. The fourth-order valence-electron chi connectivity index (χ4n) is 5.65. The number of benzene rings is 2. The maximum atomic E-state index is 12.9. The summed E-state index contributed by atoms with van der Waals surface area (Å²) in [6.45, 7) is 0.119. The van der Waals surface area contributed by atoms with Crippen LogP contribution in [-0.4, -0.2) is 47.9 Å². The fraction of sp³-hybridized carbons (Fsp3) is 0.400. The molecule has 0 bridgehead atoms. The lowest BCUT2D eigenvalue weighted by molar-refractivity contribution is -0.182. The third-order valence-corrected chi connectivity index (χ3v) is 7.38. The van der Waals surface area contributed by atoms with Gasteiger partial charge in [-0.3, -0.25) is 4.79 Å². The predicted octanol–water partition coefficient (Wildman–Crippen LogP) is 3.83. The average Bonchev–Trinajstić information content (AvgIpc) is 3.23. The highest BCUT2D eigenvalue weighted by atomic mass is 19.4. The summed E-state index contributed by atoms with van der Waals surface area (Å²) in [6.07, 6.45) is -4.84. The van der Waals surface area contributed by atoms with Gasteiger partial charge in [0.15, 0.2) is 0 Å². The van der Waals surface area contributed by atoms with Gasteiger partial charge in [-0.2, -0.15) is 13.2 Å². The van der Waals surface area contributed by atoms with E-state index in [9.17, 15) is 27.6 Å². The van der Waals surface area contributed by atoms with Crippen molar-refractivity contribution in [1.82, 2.24) is 10.6 Å². The zero-order chi connectivity index (χ0) is 25.0. The molecule has 4 atom stereocenters. The van der Waals surface area contributed by atoms with E-state index < -0.39 is 41.6 Å². The van der Waals surface area contributed by atoms with Crippen molar-refractivity contribution in [2.45, 2.75) is 43.4 Å². The molecule has 3 aliphatic carbocycles. The lowest BCUT2D eigenvalue weighted by atomic mass is 9.98. The number of hydrogen-bond acceptors (Lipinski definition) is 4. The molecule has 0 spiro atoms. The number of fused-ring (bicyclic) bond motifs is 4. The number of hydrogen-bond donors (Lipinski definition) is 3. The standard InChI is InChI=1S/C25H23F3N2O5/c26-25(27,28)20(21(31)32)30-22(33)24-10-13(24)9-14(11-24)29-23(34)35-12-19-17-7-3-1-5-15(17)16-6-2-4-8-18(16)19/h1-8,13-14,19-20H,9-12H2,(H,29,34)(H,30,33)(H,31,32). The topological polar surface area (TPSA) is 105 Å². The van der Waals surface area contributed by atoms with Gasteiger partial charge in [-0.25, -0.2) is 9.59 Å². The molecule has 2 fully saturated rings. The lowest BCUT2D eigenvalue weighted by Gasteiger charge is -2.22. The second-order valence-electron chi connectivity index (χ2n) is 9.45. The van der Waals surface area contributed by atoms with Crippen molar-refractivity contribution in [1.29, 1.82) is 0 Å². The normalized spacial score (nSPS) is 25.1. The van der Waals surface area contributed by atoms with Gasteiger partial charge in [0.2, 0.25) is 11.9 Å². The first kappa shape index (κ1) is 23.2. The van der Waals surface area contributed by atoms with Crippen LogP contribution in [0.25, 0.3) is 11.1 Å². The van der Waals surface area contributed by atoms with Crippen LogP contribution in [0.1, 0.15) is 36.3 Å². The Kier molecular flexibility index (Phi) is 5.49.